The number of benzene rings is 1. The molecule has 1 aliphatic heterocycles. The lowest BCUT2D eigenvalue weighted by molar-refractivity contribution is -0.135. The molecule has 0 spiro atoms. The molecule has 6 heteroatoms. The molecule has 1 N–H and O–H groups in total. The van der Waals surface area contributed by atoms with Crippen molar-refractivity contribution in [2.24, 2.45) is 0 Å². The lowest BCUT2D eigenvalue weighted by atomic mass is 9.83. The van der Waals surface area contributed by atoms with E-state index in [0.29, 0.717) is 17.3 Å². The number of carboxylic acid groups (broad SMARTS) is 1. The number of allylic oxidation sites excluding steroid dienone is 1. The average molecular weight is 366 g/mol. The van der Waals surface area contributed by atoms with Gasteiger partial charge in [-0.15, -0.1) is 0 Å². The van der Waals surface area contributed by atoms with Gasteiger partial charge >= 0.3 is 5.97 Å². The van der Waals surface area contributed by atoms with Crippen molar-refractivity contribution in [3.8, 4) is 0 Å². The van der Waals surface area contributed by atoms with Crippen molar-refractivity contribution in [3.63, 3.8) is 0 Å². The molecule has 2 unspecified atom stereocenters. The quantitative estimate of drug-likeness (QED) is 0.797. The molecule has 1 aliphatic rings. The summed E-state index contributed by atoms with van der Waals surface area (Å²) < 4.78 is 5.43. The lowest BCUT2D eigenvalue weighted by Crippen LogP contribution is -2.42. The van der Waals surface area contributed by atoms with Gasteiger partial charge in [-0.1, -0.05) is 37.1 Å². The third kappa shape index (κ3) is 4.41. The van der Waals surface area contributed by atoms with Crippen LogP contribution in [0.1, 0.15) is 44.6 Å². The van der Waals surface area contributed by atoms with Crippen LogP contribution in [-0.4, -0.2) is 41.6 Å². The average Bonchev–Trinajstić information content (AvgIpc) is 2.57. The fourth-order valence-corrected chi connectivity index (χ4v) is 3.43. The number of methoxy groups -OCH3 is 1. The molecule has 136 valence electrons. The number of aliphatic carboxylic acids is 1. The maximum Gasteiger partial charge on any atom is 0.333 e. The first-order valence-corrected chi connectivity index (χ1v) is 8.79. The zero-order valence-electron chi connectivity index (χ0n) is 14.8. The minimum Gasteiger partial charge on any atom is -0.478 e. The van der Waals surface area contributed by atoms with Gasteiger partial charge in [-0.3, -0.25) is 4.79 Å². The number of ether oxygens (including phenoxy) is 1. The third-order valence-corrected chi connectivity index (χ3v) is 4.91. The summed E-state index contributed by atoms with van der Waals surface area (Å²) in [4.78, 5) is 26.1. The van der Waals surface area contributed by atoms with Crippen LogP contribution in [0.5, 0.6) is 0 Å². The number of rotatable bonds is 7. The van der Waals surface area contributed by atoms with E-state index >= 15 is 0 Å². The van der Waals surface area contributed by atoms with Crippen molar-refractivity contribution in [2.45, 2.75) is 45.1 Å². The Hall–Kier alpha value is -1.85. The standard InChI is InChI=1S/C19H24ClNO4/c1-4-5-15(25-3)11-21-12(2)18(19(23)24)16(10-17(21)22)13-6-8-14(20)9-7-13/h6-9,15-16H,4-5,10-11H2,1-3H3,(H,23,24). The number of carboxylic acids is 1. The van der Waals surface area contributed by atoms with E-state index in [9.17, 15) is 14.7 Å². The van der Waals surface area contributed by atoms with Crippen molar-refractivity contribution in [1.82, 2.24) is 4.90 Å². The van der Waals surface area contributed by atoms with E-state index in [1.54, 1.807) is 43.2 Å². The Morgan fingerprint density at radius 1 is 1.40 bits per heavy atom. The number of carbonyl (C=O) groups is 2. The summed E-state index contributed by atoms with van der Waals surface area (Å²) in [6.07, 6.45) is 1.77. The topological polar surface area (TPSA) is 66.8 Å². The molecule has 0 radical (unpaired) electrons. The summed E-state index contributed by atoms with van der Waals surface area (Å²) in [7, 11) is 1.61. The summed E-state index contributed by atoms with van der Waals surface area (Å²) in [6.45, 7) is 4.12. The van der Waals surface area contributed by atoms with Crippen molar-refractivity contribution in [1.29, 1.82) is 0 Å². The molecule has 1 aromatic rings. The highest BCUT2D eigenvalue weighted by molar-refractivity contribution is 6.30. The van der Waals surface area contributed by atoms with Crippen LogP contribution < -0.4 is 0 Å². The normalized spacial score (nSPS) is 19.3. The molecule has 2 atom stereocenters. The van der Waals surface area contributed by atoms with E-state index in [0.717, 1.165) is 18.4 Å². The highest BCUT2D eigenvalue weighted by atomic mass is 35.5. The maximum absolute atomic E-state index is 12.7. The van der Waals surface area contributed by atoms with E-state index in [-0.39, 0.29) is 24.0 Å². The molecule has 0 saturated heterocycles. The van der Waals surface area contributed by atoms with E-state index in [2.05, 4.69) is 0 Å². The Bertz CT molecular complexity index is 669. The van der Waals surface area contributed by atoms with Crippen LogP contribution >= 0.6 is 11.6 Å². The molecule has 0 saturated carbocycles. The van der Waals surface area contributed by atoms with Crippen LogP contribution in [0, 0.1) is 0 Å². The molecule has 0 aliphatic carbocycles. The first kappa shape index (κ1) is 19.5. The molecule has 1 aromatic carbocycles. The molecule has 0 fully saturated rings. The number of amides is 1. The highest BCUT2D eigenvalue weighted by Crippen LogP contribution is 2.37. The Balaban J connectivity index is 2.39. The number of carbonyl (C=O) groups excluding carboxylic acids is 1. The van der Waals surface area contributed by atoms with Gasteiger partial charge in [0.25, 0.3) is 0 Å². The van der Waals surface area contributed by atoms with Gasteiger partial charge in [0.15, 0.2) is 0 Å². The number of hydrogen-bond donors (Lipinski definition) is 1. The van der Waals surface area contributed by atoms with Gasteiger partial charge in [0, 0.05) is 30.2 Å². The second-order valence-electron chi connectivity index (χ2n) is 6.26. The summed E-state index contributed by atoms with van der Waals surface area (Å²) >= 11 is 5.92. The monoisotopic (exact) mass is 365 g/mol. The van der Waals surface area contributed by atoms with Gasteiger partial charge in [-0.05, 0) is 31.0 Å². The lowest BCUT2D eigenvalue weighted by Gasteiger charge is -2.35. The second-order valence-corrected chi connectivity index (χ2v) is 6.70. The molecule has 5 nitrogen and oxygen atoms in total. The smallest absolute Gasteiger partial charge is 0.333 e. The van der Waals surface area contributed by atoms with Crippen LogP contribution in [0.3, 0.4) is 0 Å². The molecular formula is C19H24ClNO4. The SMILES string of the molecule is CCCC(CN1C(=O)CC(c2ccc(Cl)cc2)C(C(=O)O)=C1C)OC. The van der Waals surface area contributed by atoms with Crippen LogP contribution in [0.15, 0.2) is 35.5 Å². The second kappa shape index (κ2) is 8.50. The van der Waals surface area contributed by atoms with Crippen molar-refractivity contribution < 1.29 is 19.4 Å². The Kier molecular flexibility index (Phi) is 6.62. The minimum atomic E-state index is -1.00. The number of halogens is 1. The largest absolute Gasteiger partial charge is 0.478 e. The first-order valence-electron chi connectivity index (χ1n) is 8.41. The fourth-order valence-electron chi connectivity index (χ4n) is 3.30. The summed E-state index contributed by atoms with van der Waals surface area (Å²) in [5.41, 5.74) is 1.53. The molecule has 1 heterocycles. The zero-order chi connectivity index (χ0) is 18.6. The summed E-state index contributed by atoms with van der Waals surface area (Å²) in [5.74, 6) is -1.55. The van der Waals surface area contributed by atoms with E-state index in [4.69, 9.17) is 16.3 Å². The Labute approximate surface area is 153 Å². The van der Waals surface area contributed by atoms with Gasteiger partial charge in [0.2, 0.25) is 5.91 Å². The van der Waals surface area contributed by atoms with E-state index in [1.165, 1.54) is 0 Å². The predicted molar refractivity (Wildman–Crippen MR) is 96.6 cm³/mol. The Morgan fingerprint density at radius 3 is 2.56 bits per heavy atom. The number of nitrogens with zero attached hydrogens (tertiary/aromatic N) is 1. The van der Waals surface area contributed by atoms with Crippen molar-refractivity contribution in [2.75, 3.05) is 13.7 Å². The first-order chi connectivity index (χ1) is 11.9. The molecule has 25 heavy (non-hydrogen) atoms. The fraction of sp³-hybridized carbons (Fsp3) is 0.474. The predicted octanol–water partition coefficient (Wildman–Crippen LogP) is 3.83. The highest BCUT2D eigenvalue weighted by Gasteiger charge is 2.36. The van der Waals surface area contributed by atoms with E-state index < -0.39 is 11.9 Å². The third-order valence-electron chi connectivity index (χ3n) is 4.66. The van der Waals surface area contributed by atoms with Gasteiger partial charge < -0.3 is 14.7 Å². The number of hydrogen-bond acceptors (Lipinski definition) is 3. The van der Waals surface area contributed by atoms with Gasteiger partial charge in [-0.25, -0.2) is 4.79 Å². The minimum absolute atomic E-state index is 0.0828. The van der Waals surface area contributed by atoms with Crippen LogP contribution in [0.2, 0.25) is 5.02 Å². The molecule has 0 aromatic heterocycles. The molecule has 1 amide bonds. The molecule has 2 rings (SSSR count). The van der Waals surface area contributed by atoms with Gasteiger partial charge in [0.05, 0.1) is 18.2 Å². The van der Waals surface area contributed by atoms with Crippen LogP contribution in [0.4, 0.5) is 0 Å². The van der Waals surface area contributed by atoms with Crippen molar-refractivity contribution >= 4 is 23.5 Å². The Morgan fingerprint density at radius 2 is 2.04 bits per heavy atom. The van der Waals surface area contributed by atoms with Crippen molar-refractivity contribution in [3.05, 3.63) is 46.1 Å². The summed E-state index contributed by atoms with van der Waals surface area (Å²) in [6, 6.07) is 6.98. The van der Waals surface area contributed by atoms with Gasteiger partial charge in [0.1, 0.15) is 0 Å². The van der Waals surface area contributed by atoms with Crippen LogP contribution in [-0.2, 0) is 14.3 Å². The van der Waals surface area contributed by atoms with Gasteiger partial charge in [-0.2, -0.15) is 0 Å². The van der Waals surface area contributed by atoms with E-state index in [1.807, 2.05) is 6.92 Å². The molecule has 0 bridgehead atoms. The molecular weight excluding hydrogens is 342 g/mol. The maximum atomic E-state index is 12.7. The zero-order valence-corrected chi connectivity index (χ0v) is 15.5. The van der Waals surface area contributed by atoms with Crippen LogP contribution in [0.25, 0.3) is 0 Å². The summed E-state index contributed by atoms with van der Waals surface area (Å²) in [5, 5.41) is 10.3.